The number of anilines is 1. The molecule has 4 nitrogen and oxygen atoms in total. The minimum Gasteiger partial charge on any atom is -0.447 e. The first-order valence-corrected chi connectivity index (χ1v) is 7.74. The van der Waals surface area contributed by atoms with E-state index in [1.165, 1.54) is 10.1 Å². The Morgan fingerprint density at radius 2 is 1.82 bits per heavy atom. The van der Waals surface area contributed by atoms with Crippen molar-refractivity contribution in [2.75, 3.05) is 11.7 Å². The zero-order valence-corrected chi connectivity index (χ0v) is 12.6. The number of fused-ring (bicyclic) bond motifs is 1. The molecule has 3 rings (SSSR count). The summed E-state index contributed by atoms with van der Waals surface area (Å²) >= 11 is 1.69. The number of rotatable bonds is 4. The Morgan fingerprint density at radius 3 is 2.59 bits per heavy atom. The second kappa shape index (κ2) is 6.60. The van der Waals surface area contributed by atoms with E-state index in [9.17, 15) is 10.0 Å². The van der Waals surface area contributed by atoms with Gasteiger partial charge in [0, 0.05) is 16.0 Å². The van der Waals surface area contributed by atoms with E-state index < -0.39 is 6.09 Å². The van der Waals surface area contributed by atoms with Crippen LogP contribution in [0.1, 0.15) is 4.88 Å². The van der Waals surface area contributed by atoms with Gasteiger partial charge >= 0.3 is 6.09 Å². The van der Waals surface area contributed by atoms with Gasteiger partial charge in [-0.3, -0.25) is 5.21 Å². The summed E-state index contributed by atoms with van der Waals surface area (Å²) in [6.07, 6.45) is -0.138. The van der Waals surface area contributed by atoms with Crippen molar-refractivity contribution in [3.8, 4) is 0 Å². The van der Waals surface area contributed by atoms with Gasteiger partial charge in [-0.15, -0.1) is 11.3 Å². The number of hydroxylamine groups is 1. The van der Waals surface area contributed by atoms with Gasteiger partial charge in [-0.1, -0.05) is 36.4 Å². The van der Waals surface area contributed by atoms with E-state index >= 15 is 0 Å². The normalized spacial score (nSPS) is 10.6. The fourth-order valence-electron chi connectivity index (χ4n) is 2.13. The van der Waals surface area contributed by atoms with Crippen LogP contribution in [0.15, 0.2) is 60.7 Å². The Kier molecular flexibility index (Phi) is 4.37. The van der Waals surface area contributed by atoms with Gasteiger partial charge in [0.2, 0.25) is 0 Å². The van der Waals surface area contributed by atoms with Crippen molar-refractivity contribution in [2.45, 2.75) is 6.42 Å². The lowest BCUT2D eigenvalue weighted by Gasteiger charge is -2.14. The van der Waals surface area contributed by atoms with Gasteiger partial charge in [0.05, 0.1) is 12.3 Å². The lowest BCUT2D eigenvalue weighted by atomic mass is 10.2. The monoisotopic (exact) mass is 313 g/mol. The molecule has 1 amide bonds. The van der Waals surface area contributed by atoms with Crippen LogP contribution in [0.5, 0.6) is 0 Å². The summed E-state index contributed by atoms with van der Waals surface area (Å²) in [7, 11) is 0. The molecule has 0 spiro atoms. The van der Waals surface area contributed by atoms with Gasteiger partial charge in [0.1, 0.15) is 0 Å². The molecular weight excluding hydrogens is 298 g/mol. The number of amides is 1. The molecule has 0 bridgehead atoms. The third-order valence-electron chi connectivity index (χ3n) is 3.22. The molecular formula is C17H15NO3S. The Morgan fingerprint density at radius 1 is 1.09 bits per heavy atom. The molecule has 0 saturated carbocycles. The van der Waals surface area contributed by atoms with Crippen LogP contribution in [0.4, 0.5) is 10.5 Å². The molecule has 1 N–H and O–H groups in total. The van der Waals surface area contributed by atoms with Crippen molar-refractivity contribution in [3.63, 3.8) is 0 Å². The highest BCUT2D eigenvalue weighted by Gasteiger charge is 2.14. The lowest BCUT2D eigenvalue weighted by Crippen LogP contribution is -2.28. The summed E-state index contributed by atoms with van der Waals surface area (Å²) in [6.45, 7) is 0.232. The van der Waals surface area contributed by atoms with E-state index in [0.717, 1.165) is 4.88 Å². The van der Waals surface area contributed by atoms with Crippen LogP contribution in [0, 0.1) is 0 Å². The van der Waals surface area contributed by atoms with E-state index in [2.05, 4.69) is 18.2 Å². The zero-order chi connectivity index (χ0) is 15.4. The van der Waals surface area contributed by atoms with E-state index in [1.807, 2.05) is 18.2 Å². The average molecular weight is 313 g/mol. The van der Waals surface area contributed by atoms with E-state index in [4.69, 9.17) is 4.74 Å². The average Bonchev–Trinajstić information content (AvgIpc) is 2.97. The predicted octanol–water partition coefficient (Wildman–Crippen LogP) is 4.48. The molecule has 1 heterocycles. The number of thiophene rings is 1. The summed E-state index contributed by atoms with van der Waals surface area (Å²) in [4.78, 5) is 12.9. The maximum Gasteiger partial charge on any atom is 0.438 e. The Labute approximate surface area is 132 Å². The molecule has 0 unspecified atom stereocenters. The molecule has 112 valence electrons. The molecule has 0 aliphatic heterocycles. The quantitative estimate of drug-likeness (QED) is 0.571. The number of benzene rings is 2. The zero-order valence-electron chi connectivity index (χ0n) is 11.8. The fraction of sp³-hybridized carbons (Fsp3) is 0.118. The van der Waals surface area contributed by atoms with Crippen molar-refractivity contribution in [2.24, 2.45) is 0 Å². The molecule has 22 heavy (non-hydrogen) atoms. The second-order valence-corrected chi connectivity index (χ2v) is 5.93. The highest BCUT2D eigenvalue weighted by molar-refractivity contribution is 7.19. The molecule has 0 aliphatic rings. The molecule has 5 heteroatoms. The molecule has 0 aliphatic carbocycles. The maximum atomic E-state index is 11.8. The highest BCUT2D eigenvalue weighted by Crippen LogP contribution is 2.25. The second-order valence-electron chi connectivity index (χ2n) is 4.76. The van der Waals surface area contributed by atoms with Gasteiger partial charge in [-0.25, -0.2) is 4.79 Å². The first-order valence-electron chi connectivity index (χ1n) is 6.92. The number of nitrogens with zero attached hydrogens (tertiary/aromatic N) is 1. The number of hydrogen-bond donors (Lipinski definition) is 1. The lowest BCUT2D eigenvalue weighted by molar-refractivity contribution is 0.121. The summed E-state index contributed by atoms with van der Waals surface area (Å²) in [5.41, 5.74) is 0.384. The van der Waals surface area contributed by atoms with Crippen LogP contribution >= 0.6 is 11.3 Å². The van der Waals surface area contributed by atoms with Gasteiger partial charge < -0.3 is 4.74 Å². The SMILES string of the molecule is O=C(OCCc1cc2ccccc2s1)N(O)c1ccccc1. The standard InChI is InChI=1S/C17H15NO3S/c19-17(18(20)14-7-2-1-3-8-14)21-11-10-15-12-13-6-4-5-9-16(13)22-15/h1-9,12,20H,10-11H2. The van der Waals surface area contributed by atoms with Crippen LogP contribution in [-0.4, -0.2) is 17.9 Å². The summed E-state index contributed by atoms with van der Waals surface area (Å²) in [5, 5.41) is 11.5. The van der Waals surface area contributed by atoms with Crippen LogP contribution in [0.3, 0.4) is 0 Å². The van der Waals surface area contributed by atoms with Crippen LogP contribution in [-0.2, 0) is 11.2 Å². The molecule has 3 aromatic rings. The van der Waals surface area contributed by atoms with E-state index in [1.54, 1.807) is 35.6 Å². The molecule has 0 atom stereocenters. The topological polar surface area (TPSA) is 49.8 Å². The predicted molar refractivity (Wildman–Crippen MR) is 87.6 cm³/mol. The van der Waals surface area contributed by atoms with Crippen molar-refractivity contribution in [1.29, 1.82) is 0 Å². The molecule has 1 aromatic heterocycles. The largest absolute Gasteiger partial charge is 0.447 e. The number of para-hydroxylation sites is 1. The molecule has 0 radical (unpaired) electrons. The third-order valence-corrected chi connectivity index (χ3v) is 4.40. The Balaban J connectivity index is 1.55. The van der Waals surface area contributed by atoms with Crippen molar-refractivity contribution < 1.29 is 14.7 Å². The molecule has 0 saturated heterocycles. The number of carbonyl (C=O) groups is 1. The number of ether oxygens (including phenoxy) is 1. The van der Waals surface area contributed by atoms with Crippen molar-refractivity contribution >= 4 is 33.2 Å². The van der Waals surface area contributed by atoms with Gasteiger partial charge in [-0.2, -0.15) is 5.06 Å². The molecule has 0 fully saturated rings. The fourth-order valence-corrected chi connectivity index (χ4v) is 3.18. The summed E-state index contributed by atoms with van der Waals surface area (Å²) in [5.74, 6) is 0. The van der Waals surface area contributed by atoms with Crippen LogP contribution < -0.4 is 5.06 Å². The number of hydrogen-bond acceptors (Lipinski definition) is 4. The molecule has 2 aromatic carbocycles. The van der Waals surface area contributed by atoms with Crippen LogP contribution in [0.25, 0.3) is 10.1 Å². The van der Waals surface area contributed by atoms with E-state index in [0.29, 0.717) is 17.2 Å². The first kappa shape index (κ1) is 14.6. The smallest absolute Gasteiger partial charge is 0.438 e. The van der Waals surface area contributed by atoms with Gasteiger partial charge in [-0.05, 0) is 29.7 Å². The highest BCUT2D eigenvalue weighted by atomic mass is 32.1. The van der Waals surface area contributed by atoms with Crippen LogP contribution in [0.2, 0.25) is 0 Å². The minimum absolute atomic E-state index is 0.232. The van der Waals surface area contributed by atoms with Gasteiger partial charge in [0.15, 0.2) is 0 Å². The van der Waals surface area contributed by atoms with Crippen molar-refractivity contribution in [1.82, 2.24) is 0 Å². The van der Waals surface area contributed by atoms with E-state index in [-0.39, 0.29) is 6.61 Å². The van der Waals surface area contributed by atoms with Crippen molar-refractivity contribution in [3.05, 3.63) is 65.5 Å². The minimum atomic E-state index is -0.771. The Bertz CT molecular complexity index is 737. The maximum absolute atomic E-state index is 11.8. The number of carbonyl (C=O) groups excluding carboxylic acids is 1. The van der Waals surface area contributed by atoms with Gasteiger partial charge in [0.25, 0.3) is 0 Å². The Hall–Kier alpha value is -2.37. The summed E-state index contributed by atoms with van der Waals surface area (Å²) < 4.78 is 6.32. The summed E-state index contributed by atoms with van der Waals surface area (Å²) in [6, 6.07) is 18.8. The first-order chi connectivity index (χ1) is 10.7. The third kappa shape index (κ3) is 3.27.